The number of hydrogen-bond donors (Lipinski definition) is 0. The van der Waals surface area contributed by atoms with E-state index >= 15 is 0 Å². The van der Waals surface area contributed by atoms with Gasteiger partial charge in [0.1, 0.15) is 0 Å². The van der Waals surface area contributed by atoms with Crippen molar-refractivity contribution in [2.24, 2.45) is 0 Å². The monoisotopic (exact) mass is 281 g/mol. The normalized spacial score (nSPS) is 29.1. The second-order valence-electron chi connectivity index (χ2n) is 7.27. The third-order valence-electron chi connectivity index (χ3n) is 5.40. The lowest BCUT2D eigenvalue weighted by Crippen LogP contribution is -2.58. The van der Waals surface area contributed by atoms with Crippen LogP contribution in [0.5, 0.6) is 0 Å². The molecule has 2 atom stereocenters. The van der Waals surface area contributed by atoms with E-state index in [1.807, 2.05) is 0 Å². The van der Waals surface area contributed by atoms with Gasteiger partial charge >= 0.3 is 0 Å². The molecule has 2 aliphatic heterocycles. The summed E-state index contributed by atoms with van der Waals surface area (Å²) in [4.78, 5) is 7.96. The molecule has 0 N–H and O–H groups in total. The summed E-state index contributed by atoms with van der Waals surface area (Å²) in [6.45, 7) is 13.5. The fraction of sp³-hybridized carbons (Fsp3) is 1.00. The van der Waals surface area contributed by atoms with Gasteiger partial charge in [-0.2, -0.15) is 0 Å². The molecule has 3 heteroatoms. The van der Waals surface area contributed by atoms with Crippen LogP contribution in [0.2, 0.25) is 0 Å². The average Bonchev–Trinajstić information content (AvgIpc) is 2.43. The maximum atomic E-state index is 2.75. The molecule has 3 nitrogen and oxygen atoms in total. The molecule has 0 bridgehead atoms. The summed E-state index contributed by atoms with van der Waals surface area (Å²) >= 11 is 0. The Bertz CT molecular complexity index is 279. The van der Waals surface area contributed by atoms with Gasteiger partial charge in [-0.3, -0.25) is 9.80 Å². The highest BCUT2D eigenvalue weighted by molar-refractivity contribution is 4.88. The number of hydrogen-bond acceptors (Lipinski definition) is 3. The van der Waals surface area contributed by atoms with Gasteiger partial charge in [0.05, 0.1) is 0 Å². The Labute approximate surface area is 126 Å². The predicted molar refractivity (Wildman–Crippen MR) is 87.2 cm³/mol. The molecule has 2 saturated heterocycles. The van der Waals surface area contributed by atoms with Gasteiger partial charge in [-0.05, 0) is 73.1 Å². The molecule has 0 spiro atoms. The predicted octanol–water partition coefficient (Wildman–Crippen LogP) is 2.67. The number of piperazine rings is 1. The van der Waals surface area contributed by atoms with Crippen LogP contribution in [-0.2, 0) is 0 Å². The van der Waals surface area contributed by atoms with Crippen molar-refractivity contribution in [1.29, 1.82) is 0 Å². The van der Waals surface area contributed by atoms with E-state index in [1.165, 1.54) is 64.8 Å². The van der Waals surface area contributed by atoms with Gasteiger partial charge in [-0.15, -0.1) is 0 Å². The number of unbranched alkanes of at least 4 members (excludes halogenated alkanes) is 1. The van der Waals surface area contributed by atoms with Gasteiger partial charge in [0.2, 0.25) is 0 Å². The summed E-state index contributed by atoms with van der Waals surface area (Å²) in [6, 6.07) is 2.30. The van der Waals surface area contributed by atoms with Gasteiger partial charge in [0, 0.05) is 31.2 Å². The summed E-state index contributed by atoms with van der Waals surface area (Å²) < 4.78 is 0. The van der Waals surface area contributed by atoms with Gasteiger partial charge in [0.15, 0.2) is 0 Å². The van der Waals surface area contributed by atoms with Crippen LogP contribution in [0, 0.1) is 0 Å². The first kappa shape index (κ1) is 16.3. The Hall–Kier alpha value is -0.120. The topological polar surface area (TPSA) is 9.72 Å². The van der Waals surface area contributed by atoms with Crippen molar-refractivity contribution in [3.63, 3.8) is 0 Å². The summed E-state index contributed by atoms with van der Waals surface area (Å²) in [7, 11) is 2.24. The van der Waals surface area contributed by atoms with Gasteiger partial charge in [-0.25, -0.2) is 0 Å². The Kier molecular flexibility index (Phi) is 6.31. The third kappa shape index (κ3) is 4.44. The molecule has 2 unspecified atom stereocenters. The number of piperidine rings is 1. The molecule has 0 aromatic rings. The van der Waals surface area contributed by atoms with E-state index in [-0.39, 0.29) is 0 Å². The number of rotatable bonds is 6. The van der Waals surface area contributed by atoms with Gasteiger partial charge < -0.3 is 4.90 Å². The maximum Gasteiger partial charge on any atom is 0.0223 e. The van der Waals surface area contributed by atoms with Crippen LogP contribution in [0.15, 0.2) is 0 Å². The molecule has 118 valence electrons. The van der Waals surface area contributed by atoms with Crippen LogP contribution >= 0.6 is 0 Å². The molecule has 0 amide bonds. The van der Waals surface area contributed by atoms with Gasteiger partial charge in [-0.1, -0.05) is 6.42 Å². The molecule has 0 aromatic carbocycles. The smallest absolute Gasteiger partial charge is 0.0223 e. The minimum atomic E-state index is 0.680. The fourth-order valence-corrected chi connectivity index (χ4v) is 3.66. The quantitative estimate of drug-likeness (QED) is 0.693. The van der Waals surface area contributed by atoms with E-state index in [0.29, 0.717) is 6.04 Å². The fourth-order valence-electron chi connectivity index (χ4n) is 3.66. The Morgan fingerprint density at radius 2 is 1.95 bits per heavy atom. The van der Waals surface area contributed by atoms with Crippen LogP contribution < -0.4 is 0 Å². The summed E-state index contributed by atoms with van der Waals surface area (Å²) in [5.74, 6) is 0. The van der Waals surface area contributed by atoms with Crippen molar-refractivity contribution in [1.82, 2.24) is 14.7 Å². The highest BCUT2D eigenvalue weighted by Gasteiger charge is 2.32. The first-order chi connectivity index (χ1) is 9.58. The lowest BCUT2D eigenvalue weighted by molar-refractivity contribution is 0.0144. The van der Waals surface area contributed by atoms with E-state index in [4.69, 9.17) is 0 Å². The van der Waals surface area contributed by atoms with E-state index in [1.54, 1.807) is 0 Å². The van der Waals surface area contributed by atoms with Gasteiger partial charge in [0.25, 0.3) is 0 Å². The molecule has 2 rings (SSSR count). The third-order valence-corrected chi connectivity index (χ3v) is 5.40. The van der Waals surface area contributed by atoms with Crippen molar-refractivity contribution in [2.45, 2.75) is 71.0 Å². The minimum absolute atomic E-state index is 0.680. The summed E-state index contributed by atoms with van der Waals surface area (Å²) in [6.07, 6.45) is 6.99. The molecular weight excluding hydrogens is 246 g/mol. The minimum Gasteiger partial charge on any atom is -0.304 e. The number of nitrogens with zero attached hydrogens (tertiary/aromatic N) is 3. The molecule has 0 aliphatic carbocycles. The van der Waals surface area contributed by atoms with Crippen LogP contribution in [0.1, 0.15) is 52.9 Å². The van der Waals surface area contributed by atoms with Crippen molar-refractivity contribution in [3.8, 4) is 0 Å². The zero-order valence-corrected chi connectivity index (χ0v) is 14.1. The van der Waals surface area contributed by atoms with Crippen LogP contribution in [-0.4, -0.2) is 72.6 Å². The van der Waals surface area contributed by atoms with Crippen molar-refractivity contribution < 1.29 is 0 Å². The summed E-state index contributed by atoms with van der Waals surface area (Å²) in [5.41, 5.74) is 0. The summed E-state index contributed by atoms with van der Waals surface area (Å²) in [5, 5.41) is 0. The zero-order valence-electron chi connectivity index (χ0n) is 14.1. The lowest BCUT2D eigenvalue weighted by Gasteiger charge is -2.47. The molecule has 0 aromatic heterocycles. The molecule has 0 saturated carbocycles. The molecule has 2 fully saturated rings. The van der Waals surface area contributed by atoms with E-state index in [0.717, 1.165) is 12.1 Å². The Morgan fingerprint density at radius 1 is 1.15 bits per heavy atom. The molecule has 0 radical (unpaired) electrons. The highest BCUT2D eigenvalue weighted by Crippen LogP contribution is 2.24. The van der Waals surface area contributed by atoms with E-state index < -0.39 is 0 Å². The molecular formula is C17H35N3. The molecule has 2 heterocycles. The first-order valence-corrected chi connectivity index (χ1v) is 8.76. The van der Waals surface area contributed by atoms with Crippen molar-refractivity contribution in [2.75, 3.05) is 39.8 Å². The second-order valence-corrected chi connectivity index (χ2v) is 7.27. The number of fused-ring (bicyclic) bond motifs is 1. The second kappa shape index (κ2) is 7.77. The molecule has 2 aliphatic rings. The average molecular weight is 281 g/mol. The first-order valence-electron chi connectivity index (χ1n) is 8.76. The van der Waals surface area contributed by atoms with E-state index in [2.05, 4.69) is 42.5 Å². The van der Waals surface area contributed by atoms with E-state index in [9.17, 15) is 0 Å². The van der Waals surface area contributed by atoms with Crippen molar-refractivity contribution >= 4 is 0 Å². The SMILES string of the molecule is CC(C)N(C)CCCCN1CC2CCCCN2CC1C. The molecule has 20 heavy (non-hydrogen) atoms. The van der Waals surface area contributed by atoms with Crippen LogP contribution in [0.25, 0.3) is 0 Å². The lowest BCUT2D eigenvalue weighted by atomic mass is 9.97. The zero-order chi connectivity index (χ0) is 14.5. The Balaban J connectivity index is 1.67. The van der Waals surface area contributed by atoms with Crippen molar-refractivity contribution in [3.05, 3.63) is 0 Å². The standard InChI is InChI=1S/C17H35N3/c1-15(2)18(4)10-7-8-11-19-14-17-9-5-6-12-20(17)13-16(19)3/h15-17H,5-14H2,1-4H3. The highest BCUT2D eigenvalue weighted by atomic mass is 15.3. The van der Waals surface area contributed by atoms with Crippen LogP contribution in [0.4, 0.5) is 0 Å². The Morgan fingerprint density at radius 3 is 2.70 bits per heavy atom. The van der Waals surface area contributed by atoms with Crippen LogP contribution in [0.3, 0.4) is 0 Å². The maximum absolute atomic E-state index is 2.75. The largest absolute Gasteiger partial charge is 0.304 e.